The standard InChI is InChI=1S/C17H20FNOS/c1-13-6-3-4-8-16(13)21-17-9-5-7-15(18)14(17)12-19-10-11-20-2/h3-9,19H,10-12H2,1-2H3. The van der Waals surface area contributed by atoms with Crippen molar-refractivity contribution in [2.45, 2.75) is 23.3 Å². The van der Waals surface area contributed by atoms with Crippen LogP contribution in [-0.2, 0) is 11.3 Å². The number of benzene rings is 2. The molecule has 0 aliphatic carbocycles. The van der Waals surface area contributed by atoms with Crippen molar-refractivity contribution in [3.8, 4) is 0 Å². The largest absolute Gasteiger partial charge is 0.383 e. The molecule has 21 heavy (non-hydrogen) atoms. The molecule has 2 nitrogen and oxygen atoms in total. The fourth-order valence-corrected chi connectivity index (χ4v) is 3.04. The average Bonchev–Trinajstić information content (AvgIpc) is 2.48. The zero-order valence-electron chi connectivity index (χ0n) is 12.4. The Morgan fingerprint density at radius 3 is 2.62 bits per heavy atom. The van der Waals surface area contributed by atoms with Crippen molar-refractivity contribution >= 4 is 11.8 Å². The van der Waals surface area contributed by atoms with Gasteiger partial charge in [0.15, 0.2) is 0 Å². The number of nitrogens with one attached hydrogen (secondary N) is 1. The van der Waals surface area contributed by atoms with E-state index in [4.69, 9.17) is 4.74 Å². The predicted octanol–water partition coefficient (Wildman–Crippen LogP) is 4.02. The molecule has 2 aromatic rings. The van der Waals surface area contributed by atoms with Crippen LogP contribution < -0.4 is 5.32 Å². The Balaban J connectivity index is 2.15. The summed E-state index contributed by atoms with van der Waals surface area (Å²) in [6.07, 6.45) is 0. The highest BCUT2D eigenvalue weighted by Crippen LogP contribution is 2.33. The summed E-state index contributed by atoms with van der Waals surface area (Å²) in [5.74, 6) is -0.168. The van der Waals surface area contributed by atoms with Gasteiger partial charge in [0.05, 0.1) is 6.61 Å². The number of hydrogen-bond donors (Lipinski definition) is 1. The van der Waals surface area contributed by atoms with Gasteiger partial charge in [-0.25, -0.2) is 4.39 Å². The Kier molecular flexibility index (Phi) is 6.23. The molecule has 0 saturated carbocycles. The monoisotopic (exact) mass is 305 g/mol. The van der Waals surface area contributed by atoms with E-state index in [1.165, 1.54) is 11.6 Å². The summed E-state index contributed by atoms with van der Waals surface area (Å²) in [6, 6.07) is 13.4. The van der Waals surface area contributed by atoms with Gasteiger partial charge in [-0.2, -0.15) is 0 Å². The minimum absolute atomic E-state index is 0.168. The van der Waals surface area contributed by atoms with Crippen LogP contribution in [0.5, 0.6) is 0 Å². The Hall–Kier alpha value is -1.36. The first kappa shape index (κ1) is 16.0. The van der Waals surface area contributed by atoms with Crippen molar-refractivity contribution < 1.29 is 9.13 Å². The Labute approximate surface area is 129 Å². The SMILES string of the molecule is COCCNCc1c(F)cccc1Sc1ccccc1C. The molecule has 0 aromatic heterocycles. The smallest absolute Gasteiger partial charge is 0.128 e. The Morgan fingerprint density at radius 2 is 1.86 bits per heavy atom. The van der Waals surface area contributed by atoms with E-state index >= 15 is 0 Å². The molecule has 0 fully saturated rings. The summed E-state index contributed by atoms with van der Waals surface area (Å²) in [5, 5.41) is 3.21. The maximum absolute atomic E-state index is 14.1. The molecule has 1 N–H and O–H groups in total. The normalized spacial score (nSPS) is 10.8. The Morgan fingerprint density at radius 1 is 1.10 bits per heavy atom. The highest BCUT2D eigenvalue weighted by Gasteiger charge is 2.10. The van der Waals surface area contributed by atoms with E-state index in [1.54, 1.807) is 24.9 Å². The quantitative estimate of drug-likeness (QED) is 0.781. The number of rotatable bonds is 7. The molecule has 0 spiro atoms. The predicted molar refractivity (Wildman–Crippen MR) is 85.3 cm³/mol. The minimum Gasteiger partial charge on any atom is -0.383 e. The van der Waals surface area contributed by atoms with Crippen LogP contribution in [0.3, 0.4) is 0 Å². The zero-order chi connectivity index (χ0) is 15.1. The molecular formula is C17H20FNOS. The second-order valence-electron chi connectivity index (χ2n) is 4.75. The molecule has 0 heterocycles. The molecule has 0 atom stereocenters. The van der Waals surface area contributed by atoms with Gasteiger partial charge in [0.25, 0.3) is 0 Å². The average molecular weight is 305 g/mol. The summed E-state index contributed by atoms with van der Waals surface area (Å²) in [4.78, 5) is 2.11. The van der Waals surface area contributed by atoms with Gasteiger partial charge >= 0.3 is 0 Å². The van der Waals surface area contributed by atoms with Gasteiger partial charge in [0.2, 0.25) is 0 Å². The molecular weight excluding hydrogens is 285 g/mol. The number of aryl methyl sites for hydroxylation is 1. The molecule has 0 radical (unpaired) electrons. The topological polar surface area (TPSA) is 21.3 Å². The van der Waals surface area contributed by atoms with Crippen LogP contribution in [0, 0.1) is 12.7 Å². The third-order valence-corrected chi connectivity index (χ3v) is 4.45. The second-order valence-corrected chi connectivity index (χ2v) is 5.84. The maximum Gasteiger partial charge on any atom is 0.128 e. The van der Waals surface area contributed by atoms with Crippen molar-refractivity contribution in [1.82, 2.24) is 5.32 Å². The first-order valence-corrected chi connectivity index (χ1v) is 7.74. The van der Waals surface area contributed by atoms with E-state index in [2.05, 4.69) is 24.4 Å². The Bertz CT molecular complexity index is 589. The number of ether oxygens (including phenoxy) is 1. The second kappa shape index (κ2) is 8.17. The molecule has 4 heteroatoms. The van der Waals surface area contributed by atoms with Crippen molar-refractivity contribution in [2.24, 2.45) is 0 Å². The van der Waals surface area contributed by atoms with Gasteiger partial charge in [0.1, 0.15) is 5.82 Å². The highest BCUT2D eigenvalue weighted by molar-refractivity contribution is 7.99. The lowest BCUT2D eigenvalue weighted by atomic mass is 10.2. The van der Waals surface area contributed by atoms with Crippen LogP contribution in [0.25, 0.3) is 0 Å². The molecule has 2 aromatic carbocycles. The molecule has 112 valence electrons. The summed E-state index contributed by atoms with van der Waals surface area (Å²) in [6.45, 7) is 3.90. The minimum atomic E-state index is -0.168. The van der Waals surface area contributed by atoms with E-state index in [0.717, 1.165) is 9.79 Å². The van der Waals surface area contributed by atoms with Crippen molar-refractivity contribution in [2.75, 3.05) is 20.3 Å². The summed E-state index contributed by atoms with van der Waals surface area (Å²) < 4.78 is 19.1. The van der Waals surface area contributed by atoms with E-state index in [9.17, 15) is 4.39 Å². The molecule has 2 rings (SSSR count). The van der Waals surface area contributed by atoms with Crippen molar-refractivity contribution in [1.29, 1.82) is 0 Å². The van der Waals surface area contributed by atoms with Crippen LogP contribution in [0.2, 0.25) is 0 Å². The van der Waals surface area contributed by atoms with Crippen molar-refractivity contribution in [3.63, 3.8) is 0 Å². The van der Waals surface area contributed by atoms with Crippen LogP contribution >= 0.6 is 11.8 Å². The first-order chi connectivity index (χ1) is 10.2. The lowest BCUT2D eigenvalue weighted by Crippen LogP contribution is -2.19. The molecule has 0 saturated heterocycles. The van der Waals surface area contributed by atoms with Crippen molar-refractivity contribution in [3.05, 3.63) is 59.4 Å². The van der Waals surface area contributed by atoms with E-state index in [0.29, 0.717) is 25.3 Å². The van der Waals surface area contributed by atoms with E-state index in [-0.39, 0.29) is 5.82 Å². The van der Waals surface area contributed by atoms with Crippen LogP contribution in [0.1, 0.15) is 11.1 Å². The van der Waals surface area contributed by atoms with Crippen LogP contribution in [-0.4, -0.2) is 20.3 Å². The van der Waals surface area contributed by atoms with E-state index < -0.39 is 0 Å². The number of methoxy groups -OCH3 is 1. The maximum atomic E-state index is 14.1. The van der Waals surface area contributed by atoms with Gasteiger partial charge in [-0.15, -0.1) is 0 Å². The molecule has 0 aliphatic heterocycles. The van der Waals surface area contributed by atoms with E-state index in [1.807, 2.05) is 18.2 Å². The number of halogens is 1. The zero-order valence-corrected chi connectivity index (χ0v) is 13.2. The third kappa shape index (κ3) is 4.56. The molecule has 0 unspecified atom stereocenters. The third-order valence-electron chi connectivity index (χ3n) is 3.17. The summed E-state index contributed by atoms with van der Waals surface area (Å²) in [5.41, 5.74) is 1.91. The van der Waals surface area contributed by atoms with Crippen LogP contribution in [0.15, 0.2) is 52.3 Å². The fraction of sp³-hybridized carbons (Fsp3) is 0.294. The summed E-state index contributed by atoms with van der Waals surface area (Å²) in [7, 11) is 1.66. The first-order valence-electron chi connectivity index (χ1n) is 6.93. The van der Waals surface area contributed by atoms with Gasteiger partial charge in [0, 0.05) is 35.6 Å². The number of hydrogen-bond acceptors (Lipinski definition) is 3. The van der Waals surface area contributed by atoms with Gasteiger partial charge in [-0.1, -0.05) is 36.0 Å². The molecule has 0 bridgehead atoms. The molecule has 0 amide bonds. The fourth-order valence-electron chi connectivity index (χ4n) is 1.98. The lowest BCUT2D eigenvalue weighted by Gasteiger charge is -2.12. The summed E-state index contributed by atoms with van der Waals surface area (Å²) >= 11 is 1.61. The highest BCUT2D eigenvalue weighted by atomic mass is 32.2. The van der Waals surface area contributed by atoms with Gasteiger partial charge < -0.3 is 10.1 Å². The van der Waals surface area contributed by atoms with Crippen LogP contribution in [0.4, 0.5) is 4.39 Å². The van der Waals surface area contributed by atoms with Gasteiger partial charge in [-0.05, 0) is 30.7 Å². The van der Waals surface area contributed by atoms with Gasteiger partial charge in [-0.3, -0.25) is 0 Å². The lowest BCUT2D eigenvalue weighted by molar-refractivity contribution is 0.199. The molecule has 0 aliphatic rings.